The van der Waals surface area contributed by atoms with Crippen molar-refractivity contribution in [3.8, 4) is 0 Å². The molecule has 1 saturated heterocycles. The predicted molar refractivity (Wildman–Crippen MR) is 84.2 cm³/mol. The molecule has 0 aromatic rings. The molecule has 1 aliphatic heterocycles. The summed E-state index contributed by atoms with van der Waals surface area (Å²) in [6.07, 6.45) is 4.46. The molecule has 21 heavy (non-hydrogen) atoms. The molecule has 1 atom stereocenters. The van der Waals surface area contributed by atoms with Crippen LogP contribution in [0.2, 0.25) is 0 Å². The fourth-order valence-electron chi connectivity index (χ4n) is 3.44. The molecular weight excluding hydrogens is 266 g/mol. The van der Waals surface area contributed by atoms with Crippen LogP contribution in [0.4, 0.5) is 4.79 Å². The molecule has 0 aromatic carbocycles. The van der Waals surface area contributed by atoms with Crippen molar-refractivity contribution < 1.29 is 9.53 Å². The van der Waals surface area contributed by atoms with E-state index >= 15 is 0 Å². The lowest BCUT2D eigenvalue weighted by molar-refractivity contribution is -0.00614. The van der Waals surface area contributed by atoms with Crippen LogP contribution in [0.15, 0.2) is 0 Å². The van der Waals surface area contributed by atoms with Crippen molar-refractivity contribution in [1.29, 1.82) is 0 Å². The molecule has 0 aromatic heterocycles. The van der Waals surface area contributed by atoms with Crippen LogP contribution >= 0.6 is 0 Å². The Morgan fingerprint density at radius 2 is 1.76 bits per heavy atom. The summed E-state index contributed by atoms with van der Waals surface area (Å²) in [6.45, 7) is 10.4. The van der Waals surface area contributed by atoms with E-state index in [1.54, 1.807) is 0 Å². The minimum absolute atomic E-state index is 0.181. The van der Waals surface area contributed by atoms with Crippen LogP contribution in [0.1, 0.15) is 53.4 Å². The van der Waals surface area contributed by atoms with Gasteiger partial charge in [0.25, 0.3) is 0 Å². The Morgan fingerprint density at radius 1 is 1.14 bits per heavy atom. The molecule has 1 unspecified atom stereocenters. The van der Waals surface area contributed by atoms with Crippen molar-refractivity contribution in [3.63, 3.8) is 0 Å². The van der Waals surface area contributed by atoms with Gasteiger partial charge in [-0.3, -0.25) is 4.90 Å². The SMILES string of the molecule is CC1CN(C(=O)OC(C)(C)C)CCN1C1CCC(N)CC1. The van der Waals surface area contributed by atoms with E-state index in [-0.39, 0.29) is 6.09 Å². The van der Waals surface area contributed by atoms with E-state index in [1.807, 2.05) is 25.7 Å². The summed E-state index contributed by atoms with van der Waals surface area (Å²) in [4.78, 5) is 16.6. The van der Waals surface area contributed by atoms with Gasteiger partial charge in [-0.25, -0.2) is 4.79 Å². The van der Waals surface area contributed by atoms with E-state index in [4.69, 9.17) is 10.5 Å². The van der Waals surface area contributed by atoms with Crippen LogP contribution in [-0.2, 0) is 4.74 Å². The molecule has 5 nitrogen and oxygen atoms in total. The Labute approximate surface area is 128 Å². The Kier molecular flexibility index (Phi) is 5.15. The molecule has 5 heteroatoms. The van der Waals surface area contributed by atoms with E-state index < -0.39 is 5.60 Å². The van der Waals surface area contributed by atoms with Gasteiger partial charge in [0.2, 0.25) is 0 Å². The van der Waals surface area contributed by atoms with Gasteiger partial charge in [-0.2, -0.15) is 0 Å². The summed E-state index contributed by atoms with van der Waals surface area (Å²) in [5.74, 6) is 0. The maximum Gasteiger partial charge on any atom is 0.410 e. The van der Waals surface area contributed by atoms with Gasteiger partial charge in [0.15, 0.2) is 0 Å². The van der Waals surface area contributed by atoms with Gasteiger partial charge in [0.1, 0.15) is 5.60 Å². The van der Waals surface area contributed by atoms with Crippen molar-refractivity contribution in [2.75, 3.05) is 19.6 Å². The summed E-state index contributed by atoms with van der Waals surface area (Å²) in [5.41, 5.74) is 5.57. The van der Waals surface area contributed by atoms with Crippen molar-refractivity contribution in [3.05, 3.63) is 0 Å². The average molecular weight is 297 g/mol. The zero-order valence-corrected chi connectivity index (χ0v) is 14.0. The molecule has 0 radical (unpaired) electrons. The minimum Gasteiger partial charge on any atom is -0.444 e. The number of piperazine rings is 1. The number of nitrogens with two attached hydrogens (primary N) is 1. The molecule has 0 spiro atoms. The predicted octanol–water partition coefficient (Wildman–Crippen LogP) is 2.20. The standard InChI is InChI=1S/C16H31N3O2/c1-12-11-18(15(20)21-16(2,3)4)9-10-19(12)14-7-5-13(17)6-8-14/h12-14H,5-11,17H2,1-4H3. The number of rotatable bonds is 1. The molecule has 0 bridgehead atoms. The van der Waals surface area contributed by atoms with Gasteiger partial charge in [-0.15, -0.1) is 0 Å². The second-order valence-electron chi connectivity index (χ2n) is 7.58. The van der Waals surface area contributed by atoms with Crippen LogP contribution in [0, 0.1) is 0 Å². The molecule has 2 fully saturated rings. The number of carbonyl (C=O) groups is 1. The van der Waals surface area contributed by atoms with E-state index in [2.05, 4.69) is 11.8 Å². The van der Waals surface area contributed by atoms with Gasteiger partial charge < -0.3 is 15.4 Å². The molecule has 1 aliphatic carbocycles. The second-order valence-corrected chi connectivity index (χ2v) is 7.58. The largest absolute Gasteiger partial charge is 0.444 e. The summed E-state index contributed by atoms with van der Waals surface area (Å²) in [7, 11) is 0. The molecule has 1 saturated carbocycles. The lowest BCUT2D eigenvalue weighted by atomic mass is 9.89. The van der Waals surface area contributed by atoms with Gasteiger partial charge >= 0.3 is 6.09 Å². The molecule has 2 N–H and O–H groups in total. The van der Waals surface area contributed by atoms with Gasteiger partial charge in [-0.05, 0) is 53.4 Å². The third-order valence-electron chi connectivity index (χ3n) is 4.54. The molecule has 2 aliphatic rings. The van der Waals surface area contributed by atoms with Crippen LogP contribution in [0.25, 0.3) is 0 Å². The first-order valence-corrected chi connectivity index (χ1v) is 8.25. The zero-order chi connectivity index (χ0) is 15.6. The fourth-order valence-corrected chi connectivity index (χ4v) is 3.44. The highest BCUT2D eigenvalue weighted by atomic mass is 16.6. The highest BCUT2D eigenvalue weighted by Gasteiger charge is 2.34. The normalized spacial score (nSPS) is 32.0. The Balaban J connectivity index is 1.86. The second kappa shape index (κ2) is 6.53. The lowest BCUT2D eigenvalue weighted by Crippen LogP contribution is -2.58. The van der Waals surface area contributed by atoms with Crippen LogP contribution in [-0.4, -0.2) is 59.3 Å². The highest BCUT2D eigenvalue weighted by Crippen LogP contribution is 2.26. The minimum atomic E-state index is -0.420. The first kappa shape index (κ1) is 16.6. The van der Waals surface area contributed by atoms with Crippen molar-refractivity contribution in [2.45, 2.75) is 77.1 Å². The van der Waals surface area contributed by atoms with E-state index in [0.717, 1.165) is 32.5 Å². The van der Waals surface area contributed by atoms with Crippen molar-refractivity contribution in [2.24, 2.45) is 5.73 Å². The summed E-state index contributed by atoms with van der Waals surface area (Å²) >= 11 is 0. The smallest absolute Gasteiger partial charge is 0.410 e. The molecule has 2 rings (SSSR count). The van der Waals surface area contributed by atoms with Gasteiger partial charge in [-0.1, -0.05) is 0 Å². The Morgan fingerprint density at radius 3 is 2.29 bits per heavy atom. The number of hydrogen-bond donors (Lipinski definition) is 1. The average Bonchev–Trinajstić information content (AvgIpc) is 2.38. The topological polar surface area (TPSA) is 58.8 Å². The molecule has 1 heterocycles. The number of ether oxygens (including phenoxy) is 1. The molecular formula is C16H31N3O2. The quantitative estimate of drug-likeness (QED) is 0.806. The van der Waals surface area contributed by atoms with Gasteiger partial charge in [0.05, 0.1) is 0 Å². The highest BCUT2D eigenvalue weighted by molar-refractivity contribution is 5.68. The summed E-state index contributed by atoms with van der Waals surface area (Å²) in [5, 5.41) is 0. The van der Waals surface area contributed by atoms with E-state index in [9.17, 15) is 4.79 Å². The summed E-state index contributed by atoms with van der Waals surface area (Å²) in [6, 6.07) is 1.42. The van der Waals surface area contributed by atoms with Crippen LogP contribution in [0.5, 0.6) is 0 Å². The maximum atomic E-state index is 12.2. The van der Waals surface area contributed by atoms with Crippen LogP contribution in [0.3, 0.4) is 0 Å². The van der Waals surface area contributed by atoms with Crippen LogP contribution < -0.4 is 5.73 Å². The number of amides is 1. The first-order valence-electron chi connectivity index (χ1n) is 8.25. The van der Waals surface area contributed by atoms with E-state index in [0.29, 0.717) is 18.1 Å². The molecule has 1 amide bonds. The monoisotopic (exact) mass is 297 g/mol. The third-order valence-corrected chi connectivity index (χ3v) is 4.54. The van der Waals surface area contributed by atoms with Gasteiger partial charge in [0, 0.05) is 37.8 Å². The van der Waals surface area contributed by atoms with Crippen molar-refractivity contribution in [1.82, 2.24) is 9.80 Å². The maximum absolute atomic E-state index is 12.2. The van der Waals surface area contributed by atoms with E-state index in [1.165, 1.54) is 12.8 Å². The Bertz CT molecular complexity index is 359. The summed E-state index contributed by atoms with van der Waals surface area (Å²) < 4.78 is 5.47. The number of carbonyl (C=O) groups excluding carboxylic acids is 1. The third kappa shape index (κ3) is 4.58. The zero-order valence-electron chi connectivity index (χ0n) is 14.0. The fraction of sp³-hybridized carbons (Fsp3) is 0.938. The lowest BCUT2D eigenvalue weighted by Gasteiger charge is -2.45. The number of nitrogens with zero attached hydrogens (tertiary/aromatic N) is 2. The number of hydrogen-bond acceptors (Lipinski definition) is 4. The first-order chi connectivity index (χ1) is 9.76. The molecule has 122 valence electrons. The Hall–Kier alpha value is -0.810. The van der Waals surface area contributed by atoms with Crippen molar-refractivity contribution >= 4 is 6.09 Å².